The average molecular weight is 616 g/mol. The number of amides is 2. The summed E-state index contributed by atoms with van der Waals surface area (Å²) in [5, 5.41) is 3.01. The first-order chi connectivity index (χ1) is 21.1. The molecule has 0 bridgehead atoms. The summed E-state index contributed by atoms with van der Waals surface area (Å²) < 4.78 is 43.0. The van der Waals surface area contributed by atoms with E-state index in [1.165, 1.54) is 29.2 Å². The van der Waals surface area contributed by atoms with Gasteiger partial charge < -0.3 is 10.2 Å². The maximum absolute atomic E-state index is 14.4. The van der Waals surface area contributed by atoms with Gasteiger partial charge in [0.25, 0.3) is 10.0 Å². The van der Waals surface area contributed by atoms with Crippen molar-refractivity contribution in [3.8, 4) is 0 Å². The number of benzene rings is 4. The molecule has 0 radical (unpaired) electrons. The molecule has 9 heteroatoms. The van der Waals surface area contributed by atoms with Crippen molar-refractivity contribution in [3.63, 3.8) is 0 Å². The second-order valence-corrected chi connectivity index (χ2v) is 12.6. The molecular weight excluding hydrogens is 577 g/mol. The first kappa shape index (κ1) is 32.4. The molecule has 4 aromatic carbocycles. The third-order valence-electron chi connectivity index (χ3n) is 7.53. The number of aryl methyl sites for hydroxylation is 1. The van der Waals surface area contributed by atoms with Crippen molar-refractivity contribution in [2.24, 2.45) is 0 Å². The van der Waals surface area contributed by atoms with Crippen molar-refractivity contribution >= 4 is 27.5 Å². The number of carbonyl (C=O) groups is 2. The summed E-state index contributed by atoms with van der Waals surface area (Å²) in [6.45, 7) is 5.03. The molecule has 0 aliphatic rings. The van der Waals surface area contributed by atoms with Gasteiger partial charge in [0.2, 0.25) is 11.8 Å². The van der Waals surface area contributed by atoms with Crippen molar-refractivity contribution < 1.29 is 22.4 Å². The molecule has 2 atom stereocenters. The van der Waals surface area contributed by atoms with Crippen LogP contribution in [0, 0.1) is 12.7 Å². The van der Waals surface area contributed by atoms with E-state index in [-0.39, 0.29) is 29.8 Å². The van der Waals surface area contributed by atoms with E-state index in [9.17, 15) is 22.4 Å². The minimum absolute atomic E-state index is 0.0302. The third-order valence-corrected chi connectivity index (χ3v) is 9.31. The highest BCUT2D eigenvalue weighted by Crippen LogP contribution is 2.27. The summed E-state index contributed by atoms with van der Waals surface area (Å²) in [7, 11) is -4.18. The summed E-state index contributed by atoms with van der Waals surface area (Å²) >= 11 is 0. The number of sulfonamides is 1. The molecule has 4 rings (SSSR count). The molecule has 0 saturated carbocycles. The summed E-state index contributed by atoms with van der Waals surface area (Å²) in [6, 6.07) is 28.8. The summed E-state index contributed by atoms with van der Waals surface area (Å²) in [5.74, 6) is -1.36. The predicted molar refractivity (Wildman–Crippen MR) is 171 cm³/mol. The van der Waals surface area contributed by atoms with Crippen molar-refractivity contribution in [1.29, 1.82) is 0 Å². The quantitative estimate of drug-likeness (QED) is 0.203. The van der Waals surface area contributed by atoms with Crippen LogP contribution in [-0.2, 0) is 32.6 Å². The van der Waals surface area contributed by atoms with E-state index in [1.807, 2.05) is 44.2 Å². The molecule has 2 unspecified atom stereocenters. The summed E-state index contributed by atoms with van der Waals surface area (Å²) in [5.41, 5.74) is 2.46. The molecule has 0 aromatic heterocycles. The van der Waals surface area contributed by atoms with E-state index in [1.54, 1.807) is 61.5 Å². The monoisotopic (exact) mass is 615 g/mol. The fourth-order valence-corrected chi connectivity index (χ4v) is 6.36. The van der Waals surface area contributed by atoms with E-state index < -0.39 is 34.3 Å². The van der Waals surface area contributed by atoms with Gasteiger partial charge in [0.1, 0.15) is 18.4 Å². The van der Waals surface area contributed by atoms with Crippen molar-refractivity contribution in [3.05, 3.63) is 132 Å². The number of para-hydroxylation sites is 1. The molecule has 7 nitrogen and oxygen atoms in total. The fraction of sp³-hybridized carbons (Fsp3) is 0.257. The minimum atomic E-state index is -4.18. The van der Waals surface area contributed by atoms with Crippen LogP contribution in [0.2, 0.25) is 0 Å². The van der Waals surface area contributed by atoms with Crippen LogP contribution in [0.4, 0.5) is 10.1 Å². The van der Waals surface area contributed by atoms with E-state index >= 15 is 0 Å². The summed E-state index contributed by atoms with van der Waals surface area (Å²) in [4.78, 5) is 29.7. The Morgan fingerprint density at radius 2 is 1.41 bits per heavy atom. The highest BCUT2D eigenvalue weighted by molar-refractivity contribution is 7.92. The van der Waals surface area contributed by atoms with Gasteiger partial charge in [0.05, 0.1) is 10.6 Å². The maximum Gasteiger partial charge on any atom is 0.264 e. The van der Waals surface area contributed by atoms with Crippen molar-refractivity contribution in [2.75, 3.05) is 10.8 Å². The number of rotatable bonds is 13. The molecule has 0 heterocycles. The number of hydrogen-bond acceptors (Lipinski definition) is 4. The Morgan fingerprint density at radius 3 is 2.02 bits per heavy atom. The first-order valence-electron chi connectivity index (χ1n) is 14.6. The number of carbonyl (C=O) groups excluding carboxylic acids is 2. The molecule has 2 amide bonds. The summed E-state index contributed by atoms with van der Waals surface area (Å²) in [6.07, 6.45) is 0.887. The van der Waals surface area contributed by atoms with Crippen LogP contribution >= 0.6 is 0 Å². The third kappa shape index (κ3) is 8.11. The van der Waals surface area contributed by atoms with Gasteiger partial charge in [-0.3, -0.25) is 13.9 Å². The van der Waals surface area contributed by atoms with Crippen molar-refractivity contribution in [2.45, 2.75) is 57.1 Å². The molecule has 0 spiro atoms. The second kappa shape index (κ2) is 14.8. The van der Waals surface area contributed by atoms with E-state index in [0.29, 0.717) is 23.2 Å². The van der Waals surface area contributed by atoms with Gasteiger partial charge in [-0.1, -0.05) is 85.8 Å². The smallest absolute Gasteiger partial charge is 0.264 e. The maximum atomic E-state index is 14.4. The van der Waals surface area contributed by atoms with Crippen LogP contribution in [0.25, 0.3) is 0 Å². The minimum Gasteiger partial charge on any atom is -0.352 e. The second-order valence-electron chi connectivity index (χ2n) is 10.8. The van der Waals surface area contributed by atoms with Gasteiger partial charge in [-0.2, -0.15) is 0 Å². The van der Waals surface area contributed by atoms with Crippen LogP contribution in [0.5, 0.6) is 0 Å². The molecule has 230 valence electrons. The van der Waals surface area contributed by atoms with Crippen LogP contribution in [0.15, 0.2) is 114 Å². The van der Waals surface area contributed by atoms with Gasteiger partial charge in [0.15, 0.2) is 0 Å². The van der Waals surface area contributed by atoms with Crippen LogP contribution in [0.3, 0.4) is 0 Å². The zero-order valence-electron chi connectivity index (χ0n) is 25.2. The Labute approximate surface area is 259 Å². The van der Waals surface area contributed by atoms with Crippen LogP contribution in [0.1, 0.15) is 37.0 Å². The molecule has 4 aromatic rings. The lowest BCUT2D eigenvalue weighted by atomic mass is 10.0. The van der Waals surface area contributed by atoms with Gasteiger partial charge in [0, 0.05) is 19.0 Å². The molecule has 0 aliphatic carbocycles. The number of anilines is 1. The molecule has 44 heavy (non-hydrogen) atoms. The average Bonchev–Trinajstić information content (AvgIpc) is 3.03. The largest absolute Gasteiger partial charge is 0.352 e. The van der Waals surface area contributed by atoms with Crippen molar-refractivity contribution in [1.82, 2.24) is 10.2 Å². The first-order valence-corrected chi connectivity index (χ1v) is 16.1. The topological polar surface area (TPSA) is 86.8 Å². The zero-order chi connectivity index (χ0) is 31.7. The Bertz CT molecular complexity index is 1650. The fourth-order valence-electron chi connectivity index (χ4n) is 4.86. The normalized spacial score (nSPS) is 12.6. The standard InChI is InChI=1S/C35H38FN3O4S/c1-4-27(3)37-35(41)33(23-28-14-7-5-8-15-28)38(24-29-19-21-30(36)22-20-29)34(40)25-39(32-18-12-11-13-26(32)2)44(42,43)31-16-9-6-10-17-31/h5-22,27,33H,4,23-25H2,1-3H3,(H,37,41). The number of nitrogens with zero attached hydrogens (tertiary/aromatic N) is 2. The lowest BCUT2D eigenvalue weighted by molar-refractivity contribution is -0.140. The SMILES string of the molecule is CCC(C)NC(=O)C(Cc1ccccc1)N(Cc1ccc(F)cc1)C(=O)CN(c1ccccc1C)S(=O)(=O)c1ccccc1. The van der Waals surface area contributed by atoms with E-state index in [2.05, 4.69) is 5.32 Å². The Kier molecular flexibility index (Phi) is 10.9. The number of hydrogen-bond donors (Lipinski definition) is 1. The van der Waals surface area contributed by atoms with Gasteiger partial charge in [-0.05, 0) is 67.3 Å². The molecular formula is C35H38FN3O4S. The van der Waals surface area contributed by atoms with E-state index in [0.717, 1.165) is 9.87 Å². The van der Waals surface area contributed by atoms with Gasteiger partial charge in [-0.15, -0.1) is 0 Å². The molecule has 0 aliphatic heterocycles. The lowest BCUT2D eigenvalue weighted by Gasteiger charge is -2.34. The van der Waals surface area contributed by atoms with Gasteiger partial charge >= 0.3 is 0 Å². The van der Waals surface area contributed by atoms with E-state index in [4.69, 9.17) is 0 Å². The van der Waals surface area contributed by atoms with Gasteiger partial charge in [-0.25, -0.2) is 12.8 Å². The lowest BCUT2D eigenvalue weighted by Crippen LogP contribution is -2.54. The number of halogens is 1. The van der Waals surface area contributed by atoms with Crippen LogP contribution < -0.4 is 9.62 Å². The molecule has 1 N–H and O–H groups in total. The molecule has 0 fully saturated rings. The number of nitrogens with one attached hydrogen (secondary N) is 1. The molecule has 0 saturated heterocycles. The predicted octanol–water partition coefficient (Wildman–Crippen LogP) is 5.88. The Balaban J connectivity index is 1.81. The Morgan fingerprint density at radius 1 is 0.818 bits per heavy atom. The van der Waals surface area contributed by atoms with Crippen LogP contribution in [-0.4, -0.2) is 43.8 Å². The highest BCUT2D eigenvalue weighted by atomic mass is 32.2. The Hall–Kier alpha value is -4.50. The zero-order valence-corrected chi connectivity index (χ0v) is 26.0. The highest BCUT2D eigenvalue weighted by Gasteiger charge is 2.35.